The Morgan fingerprint density at radius 3 is 2.86 bits per heavy atom. The van der Waals surface area contributed by atoms with Crippen molar-refractivity contribution in [2.75, 3.05) is 18.6 Å². The molecule has 1 N–H and O–H groups in total. The largest absolute Gasteiger partial charge is 0.497 e. The highest BCUT2D eigenvalue weighted by molar-refractivity contribution is 9.10. The lowest BCUT2D eigenvalue weighted by atomic mass is 9.97. The summed E-state index contributed by atoms with van der Waals surface area (Å²) in [4.78, 5) is 14.5. The fourth-order valence-corrected chi connectivity index (χ4v) is 3.09. The molecule has 0 aromatic heterocycles. The van der Waals surface area contributed by atoms with Crippen LogP contribution in [0.15, 0.2) is 46.9 Å². The number of halogens is 1. The van der Waals surface area contributed by atoms with Gasteiger partial charge >= 0.3 is 0 Å². The lowest BCUT2D eigenvalue weighted by molar-refractivity contribution is 0.0970. The minimum atomic E-state index is -0.573. The maximum Gasteiger partial charge on any atom is 0.258 e. The first kappa shape index (κ1) is 15.1. The van der Waals surface area contributed by atoms with Gasteiger partial charge in [-0.2, -0.15) is 0 Å². The molecule has 0 aliphatic carbocycles. The molecule has 1 aliphatic rings. The van der Waals surface area contributed by atoms with Gasteiger partial charge in [0.1, 0.15) is 5.75 Å². The Labute approximate surface area is 137 Å². The fourth-order valence-electron chi connectivity index (χ4n) is 2.69. The topological polar surface area (TPSA) is 49.8 Å². The Kier molecular flexibility index (Phi) is 4.18. The van der Waals surface area contributed by atoms with Gasteiger partial charge < -0.3 is 14.7 Å². The molecule has 5 heteroatoms. The van der Waals surface area contributed by atoms with E-state index in [1.165, 1.54) is 0 Å². The Balaban J connectivity index is 2.00. The molecule has 2 aromatic carbocycles. The number of benzene rings is 2. The van der Waals surface area contributed by atoms with Crippen molar-refractivity contribution in [1.29, 1.82) is 0 Å². The van der Waals surface area contributed by atoms with Crippen LogP contribution in [0.4, 0.5) is 5.69 Å². The summed E-state index contributed by atoms with van der Waals surface area (Å²) in [5.74, 6) is 0.606. The number of ether oxygens (including phenoxy) is 1. The molecule has 114 valence electrons. The molecule has 3 rings (SSSR count). The number of nitrogens with zero attached hydrogens (tertiary/aromatic N) is 1. The minimum absolute atomic E-state index is 0.0698. The van der Waals surface area contributed by atoms with E-state index in [-0.39, 0.29) is 5.91 Å². The molecular formula is C17H16BrNO3. The third-order valence-electron chi connectivity index (χ3n) is 3.83. The number of carbonyl (C=O) groups excluding carboxylic acids is 1. The van der Waals surface area contributed by atoms with Gasteiger partial charge in [-0.3, -0.25) is 4.79 Å². The molecule has 1 amide bonds. The van der Waals surface area contributed by atoms with Crippen LogP contribution in [0.5, 0.6) is 5.75 Å². The monoisotopic (exact) mass is 361 g/mol. The van der Waals surface area contributed by atoms with Crippen molar-refractivity contribution in [2.45, 2.75) is 12.5 Å². The van der Waals surface area contributed by atoms with Crippen molar-refractivity contribution in [3.8, 4) is 5.75 Å². The van der Waals surface area contributed by atoms with Crippen molar-refractivity contribution in [3.63, 3.8) is 0 Å². The minimum Gasteiger partial charge on any atom is -0.497 e. The number of methoxy groups -OCH3 is 1. The third kappa shape index (κ3) is 2.74. The summed E-state index contributed by atoms with van der Waals surface area (Å²) in [7, 11) is 1.58. The van der Waals surface area contributed by atoms with E-state index in [2.05, 4.69) is 15.9 Å². The molecule has 22 heavy (non-hydrogen) atoms. The third-order valence-corrected chi connectivity index (χ3v) is 4.32. The van der Waals surface area contributed by atoms with Gasteiger partial charge in [0.2, 0.25) is 0 Å². The summed E-state index contributed by atoms with van der Waals surface area (Å²) in [6.45, 7) is 0.492. The second-order valence-corrected chi connectivity index (χ2v) is 6.11. The van der Waals surface area contributed by atoms with Crippen LogP contribution in [0.2, 0.25) is 0 Å². The van der Waals surface area contributed by atoms with Crippen LogP contribution >= 0.6 is 15.9 Å². The molecule has 0 spiro atoms. The summed E-state index contributed by atoms with van der Waals surface area (Å²) in [5.41, 5.74) is 2.09. The van der Waals surface area contributed by atoms with Crippen LogP contribution in [0.1, 0.15) is 28.4 Å². The molecule has 0 fully saturated rings. The van der Waals surface area contributed by atoms with Gasteiger partial charge in [0.25, 0.3) is 5.91 Å². The smallest absolute Gasteiger partial charge is 0.258 e. The highest BCUT2D eigenvalue weighted by Gasteiger charge is 2.28. The number of hydrogen-bond donors (Lipinski definition) is 1. The standard InChI is InChI=1S/C17H16BrNO3/c1-22-13-5-6-15-14(10-13)16(20)7-8-19(15)17(21)11-3-2-4-12(18)9-11/h2-6,9-10,16,20H,7-8H2,1H3. The zero-order valence-electron chi connectivity index (χ0n) is 12.1. The Morgan fingerprint density at radius 1 is 1.32 bits per heavy atom. The number of anilines is 1. The predicted molar refractivity (Wildman–Crippen MR) is 88.4 cm³/mol. The van der Waals surface area contributed by atoms with Gasteiger partial charge in [0, 0.05) is 22.1 Å². The van der Waals surface area contributed by atoms with E-state index in [0.717, 1.165) is 15.7 Å². The SMILES string of the molecule is COc1ccc2c(c1)C(O)CCN2C(=O)c1cccc(Br)c1. The van der Waals surface area contributed by atoms with E-state index in [1.807, 2.05) is 18.2 Å². The highest BCUT2D eigenvalue weighted by atomic mass is 79.9. The average Bonchev–Trinajstić information content (AvgIpc) is 2.54. The maximum absolute atomic E-state index is 12.8. The summed E-state index contributed by atoms with van der Waals surface area (Å²) >= 11 is 3.39. The number of rotatable bonds is 2. The average molecular weight is 362 g/mol. The molecule has 0 bridgehead atoms. The zero-order chi connectivity index (χ0) is 15.7. The molecule has 0 saturated heterocycles. The van der Waals surface area contributed by atoms with Crippen molar-refractivity contribution in [3.05, 3.63) is 58.1 Å². The molecule has 1 aliphatic heterocycles. The second-order valence-electron chi connectivity index (χ2n) is 5.20. The number of aliphatic hydroxyl groups is 1. The first-order valence-corrected chi connectivity index (χ1v) is 7.83. The quantitative estimate of drug-likeness (QED) is 0.889. The van der Waals surface area contributed by atoms with Gasteiger partial charge in [-0.15, -0.1) is 0 Å². The summed E-state index contributed by atoms with van der Waals surface area (Å²) in [5, 5.41) is 10.2. The normalized spacial score (nSPS) is 17.0. The van der Waals surface area contributed by atoms with Crippen LogP contribution in [0.3, 0.4) is 0 Å². The van der Waals surface area contributed by atoms with E-state index < -0.39 is 6.10 Å². The molecule has 4 nitrogen and oxygen atoms in total. The van der Waals surface area contributed by atoms with Gasteiger partial charge in [0.05, 0.1) is 18.9 Å². The second kappa shape index (κ2) is 6.10. The zero-order valence-corrected chi connectivity index (χ0v) is 13.7. The van der Waals surface area contributed by atoms with Gasteiger partial charge in [0.15, 0.2) is 0 Å². The molecule has 1 heterocycles. The van der Waals surface area contributed by atoms with E-state index in [9.17, 15) is 9.90 Å². The van der Waals surface area contributed by atoms with Crippen molar-refractivity contribution >= 4 is 27.5 Å². The lowest BCUT2D eigenvalue weighted by Gasteiger charge is -2.32. The van der Waals surface area contributed by atoms with Crippen LogP contribution in [-0.4, -0.2) is 24.7 Å². The van der Waals surface area contributed by atoms with E-state index in [1.54, 1.807) is 36.3 Å². The van der Waals surface area contributed by atoms with Crippen molar-refractivity contribution in [2.24, 2.45) is 0 Å². The first-order valence-electron chi connectivity index (χ1n) is 7.03. The van der Waals surface area contributed by atoms with Gasteiger partial charge in [-0.1, -0.05) is 22.0 Å². The molecule has 1 atom stereocenters. The van der Waals surface area contributed by atoms with Crippen molar-refractivity contribution in [1.82, 2.24) is 0 Å². The lowest BCUT2D eigenvalue weighted by Crippen LogP contribution is -2.36. The molecular weight excluding hydrogens is 346 g/mol. The summed E-state index contributed by atoms with van der Waals surface area (Å²) in [6.07, 6.45) is -0.0587. The number of amides is 1. The fraction of sp³-hybridized carbons (Fsp3) is 0.235. The molecule has 0 saturated carbocycles. The van der Waals surface area contributed by atoms with Crippen LogP contribution in [0.25, 0.3) is 0 Å². The Morgan fingerprint density at radius 2 is 2.14 bits per heavy atom. The van der Waals surface area contributed by atoms with Crippen molar-refractivity contribution < 1.29 is 14.6 Å². The number of hydrogen-bond acceptors (Lipinski definition) is 3. The summed E-state index contributed by atoms with van der Waals surface area (Å²) in [6, 6.07) is 12.7. The summed E-state index contributed by atoms with van der Waals surface area (Å²) < 4.78 is 6.07. The van der Waals surface area contributed by atoms with E-state index in [4.69, 9.17) is 4.74 Å². The highest BCUT2D eigenvalue weighted by Crippen LogP contribution is 2.37. The Hall–Kier alpha value is -1.85. The molecule has 1 unspecified atom stereocenters. The first-order chi connectivity index (χ1) is 10.6. The number of carbonyl (C=O) groups is 1. The van der Waals surface area contributed by atoms with Gasteiger partial charge in [-0.05, 0) is 42.8 Å². The molecule has 2 aromatic rings. The van der Waals surface area contributed by atoms with Crippen LogP contribution in [0, 0.1) is 0 Å². The number of aliphatic hydroxyl groups excluding tert-OH is 1. The van der Waals surface area contributed by atoms with E-state index in [0.29, 0.717) is 24.3 Å². The number of fused-ring (bicyclic) bond motifs is 1. The van der Waals surface area contributed by atoms with Gasteiger partial charge in [-0.25, -0.2) is 0 Å². The van der Waals surface area contributed by atoms with Crippen LogP contribution < -0.4 is 9.64 Å². The van der Waals surface area contributed by atoms with E-state index >= 15 is 0 Å². The predicted octanol–water partition coefficient (Wildman–Crippen LogP) is 3.54. The maximum atomic E-state index is 12.8. The molecule has 0 radical (unpaired) electrons. The Bertz CT molecular complexity index is 717. The van der Waals surface area contributed by atoms with Crippen LogP contribution in [-0.2, 0) is 0 Å².